The second kappa shape index (κ2) is 8.10. The molecule has 0 saturated carbocycles. The number of fused-ring (bicyclic) bond motifs is 1. The quantitative estimate of drug-likeness (QED) is 0.366. The fourth-order valence-electron chi connectivity index (χ4n) is 4.01. The molecule has 1 fully saturated rings. The summed E-state index contributed by atoms with van der Waals surface area (Å²) in [6.07, 6.45) is 3.26. The number of hydrogen-bond donors (Lipinski definition) is 0. The maximum Gasteiger partial charge on any atom is 0.271 e. The van der Waals surface area contributed by atoms with Crippen LogP contribution in [0.25, 0.3) is 16.9 Å². The molecule has 1 aliphatic heterocycles. The molecule has 160 valence electrons. The van der Waals surface area contributed by atoms with Crippen molar-refractivity contribution < 1.29 is 9.72 Å². The Bertz CT molecular complexity index is 1300. The van der Waals surface area contributed by atoms with Gasteiger partial charge in [-0.25, -0.2) is 9.50 Å². The molecule has 9 nitrogen and oxygen atoms in total. The summed E-state index contributed by atoms with van der Waals surface area (Å²) in [5, 5.41) is 15.5. The second-order valence-electron chi connectivity index (χ2n) is 7.55. The van der Waals surface area contributed by atoms with Crippen molar-refractivity contribution in [2.24, 2.45) is 0 Å². The number of nitro benzene ring substituents is 1. The van der Waals surface area contributed by atoms with E-state index in [-0.39, 0.29) is 11.6 Å². The number of hydrogen-bond acceptors (Lipinski definition) is 6. The first-order valence-electron chi connectivity index (χ1n) is 10.3. The van der Waals surface area contributed by atoms with E-state index < -0.39 is 4.92 Å². The largest absolute Gasteiger partial charge is 0.368 e. The van der Waals surface area contributed by atoms with E-state index >= 15 is 0 Å². The van der Waals surface area contributed by atoms with Crippen molar-refractivity contribution >= 4 is 22.9 Å². The number of carbonyl (C=O) groups excluding carboxylic acids is 1. The molecule has 2 aromatic heterocycles. The van der Waals surface area contributed by atoms with Crippen molar-refractivity contribution in [3.63, 3.8) is 0 Å². The lowest BCUT2D eigenvalue weighted by Crippen LogP contribution is -2.48. The molecule has 0 N–H and O–H groups in total. The molecule has 0 radical (unpaired) electrons. The van der Waals surface area contributed by atoms with Crippen LogP contribution in [0.3, 0.4) is 0 Å². The Labute approximate surface area is 183 Å². The van der Waals surface area contributed by atoms with Gasteiger partial charge < -0.3 is 9.80 Å². The lowest BCUT2D eigenvalue weighted by atomic mass is 10.1. The fourth-order valence-corrected chi connectivity index (χ4v) is 4.01. The molecular weight excluding hydrogens is 408 g/mol. The first-order valence-corrected chi connectivity index (χ1v) is 10.3. The van der Waals surface area contributed by atoms with Gasteiger partial charge in [0.2, 0.25) is 0 Å². The molecule has 4 aromatic rings. The predicted molar refractivity (Wildman–Crippen MR) is 120 cm³/mol. The topological polar surface area (TPSA) is 96.9 Å². The molecule has 1 saturated heterocycles. The average molecular weight is 428 g/mol. The van der Waals surface area contributed by atoms with Gasteiger partial charge in [0.25, 0.3) is 11.6 Å². The van der Waals surface area contributed by atoms with E-state index in [1.807, 2.05) is 42.5 Å². The Morgan fingerprint density at radius 2 is 1.75 bits per heavy atom. The van der Waals surface area contributed by atoms with Crippen molar-refractivity contribution in [3.05, 3.63) is 88.7 Å². The second-order valence-corrected chi connectivity index (χ2v) is 7.55. The number of nitro groups is 1. The summed E-state index contributed by atoms with van der Waals surface area (Å²) in [4.78, 5) is 32.1. The van der Waals surface area contributed by atoms with Gasteiger partial charge in [0.15, 0.2) is 5.65 Å². The van der Waals surface area contributed by atoms with E-state index in [9.17, 15) is 14.9 Å². The number of rotatable bonds is 4. The zero-order chi connectivity index (χ0) is 22.1. The summed E-state index contributed by atoms with van der Waals surface area (Å²) in [5.74, 6) is -0.114. The lowest BCUT2D eigenvalue weighted by molar-refractivity contribution is -0.384. The van der Waals surface area contributed by atoms with Crippen LogP contribution < -0.4 is 4.90 Å². The van der Waals surface area contributed by atoms with Gasteiger partial charge in [0.1, 0.15) is 5.56 Å². The normalized spacial score (nSPS) is 14.0. The van der Waals surface area contributed by atoms with Gasteiger partial charge in [-0.3, -0.25) is 14.9 Å². The molecule has 3 heterocycles. The number of amides is 1. The monoisotopic (exact) mass is 428 g/mol. The van der Waals surface area contributed by atoms with Gasteiger partial charge in [-0.1, -0.05) is 36.4 Å². The van der Waals surface area contributed by atoms with Crippen LogP contribution in [0.1, 0.15) is 10.4 Å². The van der Waals surface area contributed by atoms with Gasteiger partial charge >= 0.3 is 0 Å². The van der Waals surface area contributed by atoms with Crippen LogP contribution >= 0.6 is 0 Å². The van der Waals surface area contributed by atoms with Crippen molar-refractivity contribution in [1.29, 1.82) is 0 Å². The first kappa shape index (κ1) is 19.7. The van der Waals surface area contributed by atoms with E-state index in [0.717, 1.165) is 16.9 Å². The van der Waals surface area contributed by atoms with Crippen LogP contribution in [0.2, 0.25) is 0 Å². The molecule has 0 atom stereocenters. The summed E-state index contributed by atoms with van der Waals surface area (Å²) in [7, 11) is 0. The highest BCUT2D eigenvalue weighted by Crippen LogP contribution is 2.24. The molecule has 9 heteroatoms. The van der Waals surface area contributed by atoms with Crippen LogP contribution in [0.4, 0.5) is 11.4 Å². The minimum Gasteiger partial charge on any atom is -0.368 e. The number of benzene rings is 2. The summed E-state index contributed by atoms with van der Waals surface area (Å²) >= 11 is 0. The van der Waals surface area contributed by atoms with Crippen molar-refractivity contribution in [1.82, 2.24) is 19.5 Å². The Morgan fingerprint density at radius 3 is 2.50 bits per heavy atom. The molecule has 0 unspecified atom stereocenters. The molecule has 2 aromatic carbocycles. The van der Waals surface area contributed by atoms with E-state index in [4.69, 9.17) is 0 Å². The summed E-state index contributed by atoms with van der Waals surface area (Å²) in [6.45, 7) is 2.21. The Hall–Kier alpha value is -4.27. The fraction of sp³-hybridized carbons (Fsp3) is 0.174. The number of aromatic nitrogens is 3. The number of nitrogens with zero attached hydrogens (tertiary/aromatic N) is 6. The van der Waals surface area contributed by atoms with Gasteiger partial charge in [-0.05, 0) is 12.1 Å². The average Bonchev–Trinajstić information content (AvgIpc) is 3.28. The molecule has 32 heavy (non-hydrogen) atoms. The smallest absolute Gasteiger partial charge is 0.271 e. The molecule has 1 aliphatic rings. The SMILES string of the molecule is O=C(c1cnn2c(-c3ccccc3)ccnc12)N1CCN(c2cccc([N+](=O)[O-])c2)CC1. The summed E-state index contributed by atoms with van der Waals surface area (Å²) in [5.41, 5.74) is 3.70. The Balaban J connectivity index is 1.35. The van der Waals surface area contributed by atoms with Crippen LogP contribution in [0.15, 0.2) is 73.1 Å². The summed E-state index contributed by atoms with van der Waals surface area (Å²) in [6, 6.07) is 18.3. The minimum atomic E-state index is -0.398. The molecule has 0 spiro atoms. The zero-order valence-corrected chi connectivity index (χ0v) is 17.2. The minimum absolute atomic E-state index is 0.0626. The van der Waals surface area contributed by atoms with E-state index in [0.29, 0.717) is 37.4 Å². The van der Waals surface area contributed by atoms with E-state index in [1.54, 1.807) is 33.9 Å². The third kappa shape index (κ3) is 3.53. The molecule has 0 bridgehead atoms. The highest BCUT2D eigenvalue weighted by molar-refractivity contribution is 6.00. The highest BCUT2D eigenvalue weighted by atomic mass is 16.6. The van der Waals surface area contributed by atoms with Crippen LogP contribution in [0, 0.1) is 10.1 Å². The third-order valence-electron chi connectivity index (χ3n) is 5.67. The van der Waals surface area contributed by atoms with Crippen molar-refractivity contribution in [3.8, 4) is 11.3 Å². The van der Waals surface area contributed by atoms with Crippen LogP contribution in [-0.2, 0) is 0 Å². The van der Waals surface area contributed by atoms with Crippen molar-refractivity contribution in [2.75, 3.05) is 31.1 Å². The lowest BCUT2D eigenvalue weighted by Gasteiger charge is -2.35. The van der Waals surface area contributed by atoms with E-state index in [2.05, 4.69) is 15.0 Å². The zero-order valence-electron chi connectivity index (χ0n) is 17.2. The summed E-state index contributed by atoms with van der Waals surface area (Å²) < 4.78 is 1.70. The number of piperazine rings is 1. The molecule has 1 amide bonds. The molecular formula is C23H20N6O3. The first-order chi connectivity index (χ1) is 15.6. The Morgan fingerprint density at radius 1 is 0.969 bits per heavy atom. The van der Waals surface area contributed by atoms with Crippen molar-refractivity contribution in [2.45, 2.75) is 0 Å². The third-order valence-corrected chi connectivity index (χ3v) is 5.67. The van der Waals surface area contributed by atoms with Crippen LogP contribution in [0.5, 0.6) is 0 Å². The number of carbonyl (C=O) groups is 1. The Kier molecular flexibility index (Phi) is 4.98. The maximum absolute atomic E-state index is 13.2. The van der Waals surface area contributed by atoms with Gasteiger partial charge in [0, 0.05) is 55.8 Å². The van der Waals surface area contributed by atoms with Crippen LogP contribution in [-0.4, -0.2) is 56.5 Å². The van der Waals surface area contributed by atoms with Gasteiger partial charge in [-0.2, -0.15) is 5.10 Å². The molecule has 5 rings (SSSR count). The van der Waals surface area contributed by atoms with E-state index in [1.165, 1.54) is 6.07 Å². The molecule has 0 aliphatic carbocycles. The number of anilines is 1. The van der Waals surface area contributed by atoms with Gasteiger partial charge in [-0.15, -0.1) is 0 Å². The standard InChI is InChI=1S/C23H20N6O3/c30-23(27-13-11-26(12-14-27)18-7-4-8-19(15-18)29(31)32)20-16-25-28-21(9-10-24-22(20)28)17-5-2-1-3-6-17/h1-10,15-16H,11-14H2. The number of non-ortho nitro benzene ring substituents is 1. The maximum atomic E-state index is 13.2. The van der Waals surface area contributed by atoms with Gasteiger partial charge in [0.05, 0.1) is 16.8 Å². The predicted octanol–water partition coefficient (Wildman–Crippen LogP) is 3.27. The highest BCUT2D eigenvalue weighted by Gasteiger charge is 2.26.